The van der Waals surface area contributed by atoms with E-state index < -0.39 is 6.04 Å². The maximum Gasteiger partial charge on any atom is 0.248 e. The van der Waals surface area contributed by atoms with Crippen LogP contribution in [-0.4, -0.2) is 24.6 Å². The Balaban J connectivity index is 2.27. The number of carbonyl (C=O) groups excluding carboxylic acids is 2. The monoisotopic (exact) mass is 287 g/mol. The lowest BCUT2D eigenvalue weighted by atomic mass is 10.1. The molecular formula is C15H17N3O3. The van der Waals surface area contributed by atoms with Crippen LogP contribution in [0.3, 0.4) is 0 Å². The first-order valence-corrected chi connectivity index (χ1v) is 6.66. The minimum absolute atomic E-state index is 0.219. The fourth-order valence-corrected chi connectivity index (χ4v) is 1.98. The third-order valence-electron chi connectivity index (χ3n) is 2.79. The number of nitrogens with one attached hydrogen (secondary N) is 2. The number of aliphatic imine (C=N–C) groups is 1. The van der Waals surface area contributed by atoms with Gasteiger partial charge in [-0.3, -0.25) is 9.59 Å². The minimum Gasteiger partial charge on any atom is -0.494 e. The Kier molecular flexibility index (Phi) is 4.71. The molecule has 110 valence electrons. The van der Waals surface area contributed by atoms with E-state index in [0.717, 1.165) is 5.56 Å². The summed E-state index contributed by atoms with van der Waals surface area (Å²) in [6.45, 7) is 3.79. The van der Waals surface area contributed by atoms with Gasteiger partial charge in [0.25, 0.3) is 0 Å². The Hall–Kier alpha value is -2.63. The molecule has 0 aromatic heterocycles. The SMILES string of the molecule is CCOc1ccccc1[C@H]1C=NC(NC(C)=O)=CC(=O)N1. The van der Waals surface area contributed by atoms with Crippen molar-refractivity contribution in [2.75, 3.05) is 6.61 Å². The van der Waals surface area contributed by atoms with E-state index in [1.54, 1.807) is 6.21 Å². The summed E-state index contributed by atoms with van der Waals surface area (Å²) in [6.07, 6.45) is 2.83. The summed E-state index contributed by atoms with van der Waals surface area (Å²) < 4.78 is 5.56. The number of benzene rings is 1. The zero-order chi connectivity index (χ0) is 15.2. The summed E-state index contributed by atoms with van der Waals surface area (Å²) in [4.78, 5) is 27.1. The van der Waals surface area contributed by atoms with Crippen LogP contribution in [0, 0.1) is 0 Å². The zero-order valence-corrected chi connectivity index (χ0v) is 11.9. The summed E-state index contributed by atoms with van der Waals surface area (Å²) in [7, 11) is 0. The highest BCUT2D eigenvalue weighted by molar-refractivity contribution is 5.93. The summed E-state index contributed by atoms with van der Waals surface area (Å²) >= 11 is 0. The Morgan fingerprint density at radius 3 is 2.90 bits per heavy atom. The standard InChI is InChI=1S/C15H17N3O3/c1-3-21-13-7-5-4-6-11(13)12-9-16-14(17-10(2)19)8-15(20)18-12/h4-9,12H,3H2,1-2H3,(H,17,19)(H,18,20)/t12-/m1/s1. The minimum atomic E-state index is -0.414. The molecule has 1 aliphatic heterocycles. The van der Waals surface area contributed by atoms with Crippen molar-refractivity contribution in [3.8, 4) is 5.75 Å². The lowest BCUT2D eigenvalue weighted by Gasteiger charge is -2.16. The molecule has 0 aliphatic carbocycles. The lowest BCUT2D eigenvalue weighted by molar-refractivity contribution is -0.118. The van der Waals surface area contributed by atoms with Gasteiger partial charge < -0.3 is 15.4 Å². The molecule has 21 heavy (non-hydrogen) atoms. The first kappa shape index (κ1) is 14.8. The van der Waals surface area contributed by atoms with Gasteiger partial charge in [0, 0.05) is 24.8 Å². The van der Waals surface area contributed by atoms with Gasteiger partial charge in [-0.15, -0.1) is 0 Å². The summed E-state index contributed by atoms with van der Waals surface area (Å²) in [5, 5.41) is 5.30. The van der Waals surface area contributed by atoms with Crippen LogP contribution in [0.5, 0.6) is 5.75 Å². The van der Waals surface area contributed by atoms with Gasteiger partial charge in [0.1, 0.15) is 11.6 Å². The van der Waals surface area contributed by atoms with E-state index in [1.165, 1.54) is 13.0 Å². The maximum atomic E-state index is 11.9. The van der Waals surface area contributed by atoms with Crippen LogP contribution in [0.25, 0.3) is 0 Å². The largest absolute Gasteiger partial charge is 0.494 e. The molecule has 0 fully saturated rings. The average Bonchev–Trinajstić information content (AvgIpc) is 2.60. The van der Waals surface area contributed by atoms with Crippen LogP contribution in [0.2, 0.25) is 0 Å². The fourth-order valence-electron chi connectivity index (χ4n) is 1.98. The molecule has 6 heteroatoms. The van der Waals surface area contributed by atoms with Crippen LogP contribution in [0.15, 0.2) is 41.2 Å². The molecule has 1 atom stereocenters. The second-order valence-corrected chi connectivity index (χ2v) is 4.45. The highest BCUT2D eigenvalue weighted by Crippen LogP contribution is 2.25. The molecule has 1 aromatic carbocycles. The van der Waals surface area contributed by atoms with E-state index in [1.807, 2.05) is 31.2 Å². The van der Waals surface area contributed by atoms with E-state index in [-0.39, 0.29) is 17.6 Å². The molecule has 1 heterocycles. The normalized spacial score (nSPS) is 17.5. The van der Waals surface area contributed by atoms with Gasteiger partial charge in [-0.25, -0.2) is 4.99 Å². The van der Waals surface area contributed by atoms with Gasteiger partial charge >= 0.3 is 0 Å². The van der Waals surface area contributed by atoms with Gasteiger partial charge in [0.2, 0.25) is 11.8 Å². The molecular weight excluding hydrogens is 270 g/mol. The third-order valence-corrected chi connectivity index (χ3v) is 2.79. The molecule has 0 unspecified atom stereocenters. The maximum absolute atomic E-state index is 11.9. The summed E-state index contributed by atoms with van der Waals surface area (Å²) in [6, 6.07) is 7.02. The van der Waals surface area contributed by atoms with Crippen LogP contribution in [0.1, 0.15) is 25.5 Å². The van der Waals surface area contributed by atoms with Gasteiger partial charge in [-0.05, 0) is 13.0 Å². The predicted octanol–water partition coefficient (Wildman–Crippen LogP) is 1.30. The topological polar surface area (TPSA) is 79.8 Å². The molecule has 6 nitrogen and oxygen atoms in total. The van der Waals surface area contributed by atoms with Crippen molar-refractivity contribution in [1.82, 2.24) is 10.6 Å². The van der Waals surface area contributed by atoms with Crippen molar-refractivity contribution >= 4 is 18.0 Å². The molecule has 2 rings (SSSR count). The van der Waals surface area contributed by atoms with E-state index >= 15 is 0 Å². The van der Waals surface area contributed by atoms with Crippen molar-refractivity contribution in [3.63, 3.8) is 0 Å². The Morgan fingerprint density at radius 2 is 2.19 bits per heavy atom. The van der Waals surface area contributed by atoms with Crippen molar-refractivity contribution in [2.24, 2.45) is 4.99 Å². The van der Waals surface area contributed by atoms with E-state index in [2.05, 4.69) is 15.6 Å². The van der Waals surface area contributed by atoms with Gasteiger partial charge in [0.05, 0.1) is 12.6 Å². The number of ether oxygens (including phenoxy) is 1. The number of hydrogen-bond acceptors (Lipinski definition) is 4. The highest BCUT2D eigenvalue weighted by Gasteiger charge is 2.18. The molecule has 0 saturated carbocycles. The predicted molar refractivity (Wildman–Crippen MR) is 78.9 cm³/mol. The van der Waals surface area contributed by atoms with Gasteiger partial charge in [-0.1, -0.05) is 18.2 Å². The molecule has 0 spiro atoms. The second-order valence-electron chi connectivity index (χ2n) is 4.45. The summed E-state index contributed by atoms with van der Waals surface area (Å²) in [5.74, 6) is 0.308. The molecule has 1 aromatic rings. The number of amides is 2. The summed E-state index contributed by atoms with van der Waals surface area (Å²) in [5.41, 5.74) is 0.814. The molecule has 0 bridgehead atoms. The van der Waals surface area contributed by atoms with Gasteiger partial charge in [0.15, 0.2) is 0 Å². The lowest BCUT2D eigenvalue weighted by Crippen LogP contribution is -2.27. The number of para-hydroxylation sites is 1. The zero-order valence-electron chi connectivity index (χ0n) is 11.9. The number of hydrogen-bond donors (Lipinski definition) is 2. The molecule has 2 N–H and O–H groups in total. The second kappa shape index (κ2) is 6.69. The Labute approximate surface area is 122 Å². The molecule has 0 saturated heterocycles. The van der Waals surface area contributed by atoms with Crippen molar-refractivity contribution in [2.45, 2.75) is 19.9 Å². The number of nitrogens with zero attached hydrogens (tertiary/aromatic N) is 1. The van der Waals surface area contributed by atoms with Crippen LogP contribution in [-0.2, 0) is 9.59 Å². The molecule has 1 aliphatic rings. The van der Waals surface area contributed by atoms with Crippen molar-refractivity contribution < 1.29 is 14.3 Å². The van der Waals surface area contributed by atoms with Crippen molar-refractivity contribution in [1.29, 1.82) is 0 Å². The van der Waals surface area contributed by atoms with Gasteiger partial charge in [-0.2, -0.15) is 0 Å². The first-order valence-electron chi connectivity index (χ1n) is 6.66. The first-order chi connectivity index (χ1) is 10.1. The van der Waals surface area contributed by atoms with Crippen molar-refractivity contribution in [3.05, 3.63) is 41.7 Å². The average molecular weight is 287 g/mol. The molecule has 0 radical (unpaired) electrons. The van der Waals surface area contributed by atoms with E-state index in [0.29, 0.717) is 12.4 Å². The van der Waals surface area contributed by atoms with E-state index in [4.69, 9.17) is 4.74 Å². The fraction of sp³-hybridized carbons (Fsp3) is 0.267. The Bertz CT molecular complexity index is 608. The smallest absolute Gasteiger partial charge is 0.248 e. The van der Waals surface area contributed by atoms with Crippen LogP contribution < -0.4 is 15.4 Å². The molecule has 2 amide bonds. The Morgan fingerprint density at radius 1 is 1.43 bits per heavy atom. The number of rotatable bonds is 4. The quantitative estimate of drug-likeness (QED) is 0.876. The highest BCUT2D eigenvalue weighted by atomic mass is 16.5. The van der Waals surface area contributed by atoms with E-state index in [9.17, 15) is 9.59 Å². The third kappa shape index (κ3) is 3.92. The van der Waals surface area contributed by atoms with Crippen LogP contribution >= 0.6 is 0 Å². The van der Waals surface area contributed by atoms with Crippen LogP contribution in [0.4, 0.5) is 0 Å². The number of carbonyl (C=O) groups is 2.